The molecule has 0 aromatic rings. The van der Waals surface area contributed by atoms with Crippen LogP contribution in [-0.4, -0.2) is 40.3 Å². The highest BCUT2D eigenvalue weighted by atomic mass is 16.6. The lowest BCUT2D eigenvalue weighted by atomic mass is 9.37. The molecule has 2 spiro atoms. The van der Waals surface area contributed by atoms with Gasteiger partial charge in [0.05, 0.1) is 17.4 Å². The van der Waals surface area contributed by atoms with Gasteiger partial charge < -0.3 is 14.9 Å². The first-order chi connectivity index (χ1) is 11.6. The second-order valence-electron chi connectivity index (χ2n) is 9.32. The molecule has 2 N–H and O–H groups in total. The van der Waals surface area contributed by atoms with E-state index < -0.39 is 34.1 Å². The van der Waals surface area contributed by atoms with Crippen molar-refractivity contribution in [2.45, 2.75) is 45.0 Å². The van der Waals surface area contributed by atoms with Gasteiger partial charge in [-0.2, -0.15) is 0 Å². The van der Waals surface area contributed by atoms with Crippen LogP contribution >= 0.6 is 0 Å². The largest absolute Gasteiger partial charge is 0.387 e. The summed E-state index contributed by atoms with van der Waals surface area (Å²) in [5.74, 6) is -3.00. The summed E-state index contributed by atoms with van der Waals surface area (Å²) < 4.78 is 5.80. The standard InChI is InChI=1S/C20H24O5/c1-10-11-4-5-12-18-9-25-20(24,19(12,8-11)15(10)22)16(23)14(18)17(2,3)7-6-13(18)21/h6-7,11-12,14,16,23-24H,1,4-5,8-9H2,2-3H3/t11-,12-,14+,16-,18+,19-,20-/m0/s1. The van der Waals surface area contributed by atoms with E-state index in [0.29, 0.717) is 18.4 Å². The van der Waals surface area contributed by atoms with E-state index in [0.717, 1.165) is 6.42 Å². The molecule has 0 amide bonds. The fourth-order valence-corrected chi connectivity index (χ4v) is 7.16. The minimum atomic E-state index is -1.94. The molecule has 0 aromatic carbocycles. The molecule has 5 nitrogen and oxygen atoms in total. The minimum Gasteiger partial charge on any atom is -0.387 e. The molecule has 5 heteroatoms. The molecule has 25 heavy (non-hydrogen) atoms. The lowest BCUT2D eigenvalue weighted by Crippen LogP contribution is -2.82. The summed E-state index contributed by atoms with van der Waals surface area (Å²) in [6, 6.07) is 0. The van der Waals surface area contributed by atoms with E-state index in [1.54, 1.807) is 6.08 Å². The third kappa shape index (κ3) is 1.36. The number of aliphatic hydroxyl groups excluding tert-OH is 1. The first-order valence-electron chi connectivity index (χ1n) is 9.14. The van der Waals surface area contributed by atoms with Gasteiger partial charge in [-0.05, 0) is 48.2 Å². The van der Waals surface area contributed by atoms with Crippen LogP contribution in [-0.2, 0) is 14.3 Å². The average Bonchev–Trinajstić information content (AvgIpc) is 2.75. The van der Waals surface area contributed by atoms with Crippen molar-refractivity contribution in [3.8, 4) is 0 Å². The van der Waals surface area contributed by atoms with E-state index in [2.05, 4.69) is 6.58 Å². The molecule has 5 fully saturated rings. The van der Waals surface area contributed by atoms with Crippen LogP contribution in [0.5, 0.6) is 0 Å². The Morgan fingerprint density at radius 1 is 1.28 bits per heavy atom. The Hall–Kier alpha value is -1.30. The minimum absolute atomic E-state index is 0.0139. The molecular weight excluding hydrogens is 320 g/mol. The number of Topliss-reactive ketones (excluding diaryl/α,β-unsaturated/α-hetero) is 1. The van der Waals surface area contributed by atoms with Gasteiger partial charge in [0.1, 0.15) is 6.10 Å². The van der Waals surface area contributed by atoms with E-state index >= 15 is 0 Å². The third-order valence-corrected chi connectivity index (χ3v) is 8.14. The maximum atomic E-state index is 13.2. The van der Waals surface area contributed by atoms with Gasteiger partial charge in [-0.1, -0.05) is 26.5 Å². The van der Waals surface area contributed by atoms with Crippen LogP contribution in [0.15, 0.2) is 24.3 Å². The van der Waals surface area contributed by atoms with Crippen molar-refractivity contribution >= 4 is 11.6 Å². The molecule has 4 bridgehead atoms. The van der Waals surface area contributed by atoms with Crippen molar-refractivity contribution in [1.29, 1.82) is 0 Å². The average molecular weight is 344 g/mol. The van der Waals surface area contributed by atoms with Crippen LogP contribution in [0.4, 0.5) is 0 Å². The second-order valence-corrected chi connectivity index (χ2v) is 9.32. The molecule has 0 unspecified atom stereocenters. The summed E-state index contributed by atoms with van der Waals surface area (Å²) in [6.45, 7) is 7.97. The van der Waals surface area contributed by atoms with Gasteiger partial charge in [0.2, 0.25) is 5.79 Å². The molecule has 6 rings (SSSR count). The summed E-state index contributed by atoms with van der Waals surface area (Å²) >= 11 is 0. The van der Waals surface area contributed by atoms with E-state index in [9.17, 15) is 19.8 Å². The first kappa shape index (κ1) is 15.9. The van der Waals surface area contributed by atoms with Crippen LogP contribution in [0.25, 0.3) is 0 Å². The Kier molecular flexibility index (Phi) is 2.65. The number of rotatable bonds is 0. The quantitative estimate of drug-likeness (QED) is 0.649. The highest BCUT2D eigenvalue weighted by Crippen LogP contribution is 2.75. The SMILES string of the molecule is C=C1C(=O)[C@]23C[C@@H]1CC[C@H]2[C@@]12CO[C@@]3(O)[C@@H](O)[C@@H]1C(C)(C)C=CC2=O. The Labute approximate surface area is 146 Å². The fraction of sp³-hybridized carbons (Fsp3) is 0.700. The van der Waals surface area contributed by atoms with Gasteiger partial charge in [-0.3, -0.25) is 9.59 Å². The number of hydrogen-bond acceptors (Lipinski definition) is 5. The number of allylic oxidation sites excluding steroid dienone is 3. The zero-order chi connectivity index (χ0) is 18.0. The fourth-order valence-electron chi connectivity index (χ4n) is 7.16. The smallest absolute Gasteiger partial charge is 0.205 e. The number of ether oxygens (including phenoxy) is 1. The number of carbonyl (C=O) groups excluding carboxylic acids is 2. The van der Waals surface area contributed by atoms with Crippen molar-refractivity contribution in [2.24, 2.45) is 34.0 Å². The van der Waals surface area contributed by atoms with Crippen molar-refractivity contribution in [3.63, 3.8) is 0 Å². The lowest BCUT2D eigenvalue weighted by Gasteiger charge is -2.71. The van der Waals surface area contributed by atoms with E-state index in [4.69, 9.17) is 4.74 Å². The first-order valence-corrected chi connectivity index (χ1v) is 9.14. The van der Waals surface area contributed by atoms with E-state index in [1.165, 1.54) is 0 Å². The maximum Gasteiger partial charge on any atom is 0.205 e. The maximum absolute atomic E-state index is 13.2. The molecule has 0 radical (unpaired) electrons. The molecule has 4 aliphatic carbocycles. The lowest BCUT2D eigenvalue weighted by molar-refractivity contribution is -0.422. The predicted molar refractivity (Wildman–Crippen MR) is 88.2 cm³/mol. The molecular formula is C20H24O5. The van der Waals surface area contributed by atoms with Gasteiger partial charge in [0, 0.05) is 5.92 Å². The van der Waals surface area contributed by atoms with Crippen molar-refractivity contribution in [1.82, 2.24) is 0 Å². The van der Waals surface area contributed by atoms with Gasteiger partial charge in [0.25, 0.3) is 0 Å². The molecule has 0 aromatic heterocycles. The molecule has 134 valence electrons. The van der Waals surface area contributed by atoms with Crippen LogP contribution in [0.1, 0.15) is 33.1 Å². The summed E-state index contributed by atoms with van der Waals surface area (Å²) in [5.41, 5.74) is -2.14. The van der Waals surface area contributed by atoms with Gasteiger partial charge in [-0.15, -0.1) is 0 Å². The summed E-state index contributed by atoms with van der Waals surface area (Å²) in [6.07, 6.45) is 4.04. The van der Waals surface area contributed by atoms with E-state index in [-0.39, 0.29) is 30.0 Å². The van der Waals surface area contributed by atoms with E-state index in [1.807, 2.05) is 19.9 Å². The van der Waals surface area contributed by atoms with Crippen LogP contribution in [0.3, 0.4) is 0 Å². The molecule has 6 aliphatic rings. The summed E-state index contributed by atoms with van der Waals surface area (Å²) in [5, 5.41) is 22.7. The molecule has 2 saturated heterocycles. The van der Waals surface area contributed by atoms with Crippen LogP contribution in [0, 0.1) is 34.0 Å². The van der Waals surface area contributed by atoms with Gasteiger partial charge in [0.15, 0.2) is 11.6 Å². The normalized spacial score (nSPS) is 55.3. The van der Waals surface area contributed by atoms with Crippen LogP contribution in [0.2, 0.25) is 0 Å². The Balaban J connectivity index is 1.82. The van der Waals surface area contributed by atoms with Crippen molar-refractivity contribution in [2.75, 3.05) is 6.61 Å². The van der Waals surface area contributed by atoms with Crippen LogP contribution < -0.4 is 0 Å². The highest BCUT2D eigenvalue weighted by Gasteiger charge is 2.84. The number of aliphatic hydroxyl groups is 2. The van der Waals surface area contributed by atoms with Crippen molar-refractivity contribution in [3.05, 3.63) is 24.3 Å². The number of hydrogen-bond donors (Lipinski definition) is 2. The van der Waals surface area contributed by atoms with Gasteiger partial charge in [-0.25, -0.2) is 0 Å². The number of fused-ring (bicyclic) bond motifs is 2. The molecule has 2 aliphatic heterocycles. The zero-order valence-corrected chi connectivity index (χ0v) is 14.6. The topological polar surface area (TPSA) is 83.8 Å². The monoisotopic (exact) mass is 344 g/mol. The summed E-state index contributed by atoms with van der Waals surface area (Å²) in [7, 11) is 0. The Morgan fingerprint density at radius 2 is 2.00 bits per heavy atom. The summed E-state index contributed by atoms with van der Waals surface area (Å²) in [4.78, 5) is 26.4. The highest BCUT2D eigenvalue weighted by molar-refractivity contribution is 6.06. The Morgan fingerprint density at radius 3 is 2.72 bits per heavy atom. The zero-order valence-electron chi connectivity index (χ0n) is 14.6. The van der Waals surface area contributed by atoms with Gasteiger partial charge >= 0.3 is 0 Å². The number of ketones is 2. The molecule has 2 heterocycles. The predicted octanol–water partition coefficient (Wildman–Crippen LogP) is 1.39. The second kappa shape index (κ2) is 4.16. The van der Waals surface area contributed by atoms with Crippen molar-refractivity contribution < 1.29 is 24.5 Å². The third-order valence-electron chi connectivity index (χ3n) is 8.14. The Bertz CT molecular complexity index is 766. The molecule has 7 atom stereocenters. The number of carbonyl (C=O) groups is 2. The molecule has 3 saturated carbocycles.